The lowest BCUT2D eigenvalue weighted by atomic mass is 10.1. The van der Waals surface area contributed by atoms with Crippen LogP contribution in [0.5, 0.6) is 0 Å². The van der Waals surface area contributed by atoms with Crippen molar-refractivity contribution in [2.24, 2.45) is 0 Å². The molecular formula is C24H25ClN6. The molecule has 2 N–H and O–H groups in total. The second kappa shape index (κ2) is 8.67. The summed E-state index contributed by atoms with van der Waals surface area (Å²) in [7, 11) is 2.19. The first-order valence-electron chi connectivity index (χ1n) is 10.5. The van der Waals surface area contributed by atoms with E-state index in [0.717, 1.165) is 66.5 Å². The number of halogens is 1. The van der Waals surface area contributed by atoms with Gasteiger partial charge in [-0.25, -0.2) is 9.97 Å². The van der Waals surface area contributed by atoms with Crippen LogP contribution in [-0.4, -0.2) is 58.0 Å². The molecule has 1 saturated heterocycles. The van der Waals surface area contributed by atoms with Crippen LogP contribution in [0.2, 0.25) is 5.02 Å². The minimum atomic E-state index is 0.682. The van der Waals surface area contributed by atoms with Crippen LogP contribution in [0.4, 0.5) is 11.5 Å². The van der Waals surface area contributed by atoms with Gasteiger partial charge in [0, 0.05) is 49.1 Å². The van der Waals surface area contributed by atoms with E-state index < -0.39 is 0 Å². The number of piperazine rings is 1. The first-order valence-corrected chi connectivity index (χ1v) is 10.9. The van der Waals surface area contributed by atoms with Gasteiger partial charge >= 0.3 is 0 Å². The number of hydrogen-bond acceptors (Lipinski definition) is 5. The van der Waals surface area contributed by atoms with Crippen molar-refractivity contribution in [1.82, 2.24) is 24.8 Å². The van der Waals surface area contributed by atoms with Crippen molar-refractivity contribution in [3.63, 3.8) is 0 Å². The fourth-order valence-electron chi connectivity index (χ4n) is 3.95. The number of fused-ring (bicyclic) bond motifs is 1. The highest BCUT2D eigenvalue weighted by Crippen LogP contribution is 2.29. The molecule has 1 fully saturated rings. The van der Waals surface area contributed by atoms with Gasteiger partial charge in [0.1, 0.15) is 17.8 Å². The number of aromatic nitrogens is 3. The second-order valence-electron chi connectivity index (χ2n) is 8.08. The van der Waals surface area contributed by atoms with Gasteiger partial charge in [-0.05, 0) is 42.4 Å². The minimum Gasteiger partial charge on any atom is -0.340 e. The predicted molar refractivity (Wildman–Crippen MR) is 127 cm³/mol. The van der Waals surface area contributed by atoms with Crippen molar-refractivity contribution in [3.05, 3.63) is 71.5 Å². The average Bonchev–Trinajstić information content (AvgIpc) is 3.21. The molecule has 0 saturated carbocycles. The van der Waals surface area contributed by atoms with Crippen LogP contribution >= 0.6 is 11.6 Å². The van der Waals surface area contributed by atoms with Gasteiger partial charge in [0.15, 0.2) is 0 Å². The molecular weight excluding hydrogens is 408 g/mol. The lowest BCUT2D eigenvalue weighted by molar-refractivity contribution is 0.148. The number of nitrogens with one attached hydrogen (secondary N) is 2. The number of aromatic amines is 1. The number of nitrogens with zero attached hydrogens (tertiary/aromatic N) is 4. The molecule has 0 amide bonds. The standard InChI is InChI=1S/C24H25ClN6/c1-30-9-11-31(12-10-30)15-17-5-7-18(8-6-17)22-14-21-23(26-16-27-24(21)29-22)28-20-4-2-3-19(25)13-20/h2-8,13-14,16H,9-12,15H2,1H3,(H2,26,27,28,29). The fraction of sp³-hybridized carbons (Fsp3) is 0.250. The smallest absolute Gasteiger partial charge is 0.143 e. The number of hydrogen-bond donors (Lipinski definition) is 2. The van der Waals surface area contributed by atoms with E-state index in [1.165, 1.54) is 5.56 Å². The van der Waals surface area contributed by atoms with E-state index in [2.05, 4.69) is 67.4 Å². The Morgan fingerprint density at radius 3 is 2.58 bits per heavy atom. The number of rotatable bonds is 5. The summed E-state index contributed by atoms with van der Waals surface area (Å²) in [4.78, 5) is 17.2. The van der Waals surface area contributed by atoms with Crippen LogP contribution in [0.3, 0.4) is 0 Å². The normalized spacial score (nSPS) is 15.4. The SMILES string of the molecule is CN1CCN(Cc2ccc(-c3cc4c(Nc5cccc(Cl)c5)ncnc4[nH]3)cc2)CC1. The Bertz CT molecular complexity index is 1180. The summed E-state index contributed by atoms with van der Waals surface area (Å²) >= 11 is 6.11. The number of H-pyrrole nitrogens is 1. The van der Waals surface area contributed by atoms with Gasteiger partial charge in [-0.15, -0.1) is 0 Å². The summed E-state index contributed by atoms with van der Waals surface area (Å²) in [5.74, 6) is 0.751. The van der Waals surface area contributed by atoms with Gasteiger partial charge < -0.3 is 15.2 Å². The molecule has 0 radical (unpaired) electrons. The van der Waals surface area contributed by atoms with E-state index in [1.807, 2.05) is 24.3 Å². The lowest BCUT2D eigenvalue weighted by Crippen LogP contribution is -2.43. The van der Waals surface area contributed by atoms with Crippen molar-refractivity contribution in [2.45, 2.75) is 6.54 Å². The fourth-order valence-corrected chi connectivity index (χ4v) is 4.14. The third kappa shape index (κ3) is 4.56. The van der Waals surface area contributed by atoms with Crippen LogP contribution in [0.1, 0.15) is 5.56 Å². The van der Waals surface area contributed by atoms with Crippen LogP contribution < -0.4 is 5.32 Å². The first-order chi connectivity index (χ1) is 15.1. The summed E-state index contributed by atoms with van der Waals surface area (Å²) in [6, 6.07) is 18.5. The molecule has 3 heterocycles. The summed E-state index contributed by atoms with van der Waals surface area (Å²) in [6.45, 7) is 5.53. The van der Waals surface area contributed by atoms with Crippen molar-refractivity contribution in [3.8, 4) is 11.3 Å². The van der Waals surface area contributed by atoms with Gasteiger partial charge in [-0.3, -0.25) is 4.90 Å². The molecule has 1 aliphatic rings. The number of benzene rings is 2. The Labute approximate surface area is 186 Å². The molecule has 31 heavy (non-hydrogen) atoms. The Morgan fingerprint density at radius 2 is 1.81 bits per heavy atom. The molecule has 158 valence electrons. The zero-order chi connectivity index (χ0) is 21.2. The molecule has 0 unspecified atom stereocenters. The lowest BCUT2D eigenvalue weighted by Gasteiger charge is -2.32. The quantitative estimate of drug-likeness (QED) is 0.475. The molecule has 0 aliphatic carbocycles. The first kappa shape index (κ1) is 20.0. The highest BCUT2D eigenvalue weighted by Gasteiger charge is 2.14. The van der Waals surface area contributed by atoms with E-state index >= 15 is 0 Å². The Hall–Kier alpha value is -2.93. The Kier molecular flexibility index (Phi) is 5.59. The number of anilines is 2. The van der Waals surface area contributed by atoms with Crippen molar-refractivity contribution in [2.75, 3.05) is 38.5 Å². The van der Waals surface area contributed by atoms with E-state index in [9.17, 15) is 0 Å². The third-order valence-corrected chi connectivity index (χ3v) is 6.02. The highest BCUT2D eigenvalue weighted by molar-refractivity contribution is 6.30. The zero-order valence-electron chi connectivity index (χ0n) is 17.5. The van der Waals surface area contributed by atoms with Gasteiger partial charge in [0.05, 0.1) is 5.39 Å². The molecule has 0 bridgehead atoms. The van der Waals surface area contributed by atoms with Crippen LogP contribution in [0.15, 0.2) is 60.9 Å². The van der Waals surface area contributed by atoms with Crippen molar-refractivity contribution in [1.29, 1.82) is 0 Å². The maximum Gasteiger partial charge on any atom is 0.143 e. The molecule has 2 aromatic carbocycles. The molecule has 0 spiro atoms. The average molecular weight is 433 g/mol. The van der Waals surface area contributed by atoms with E-state index in [4.69, 9.17) is 11.6 Å². The molecule has 5 rings (SSSR count). The zero-order valence-corrected chi connectivity index (χ0v) is 18.2. The Morgan fingerprint density at radius 1 is 1.00 bits per heavy atom. The maximum absolute atomic E-state index is 6.11. The molecule has 1 aliphatic heterocycles. The molecule has 7 heteroatoms. The topological polar surface area (TPSA) is 60.1 Å². The number of likely N-dealkylation sites (N-methyl/N-ethyl adjacent to an activating group) is 1. The highest BCUT2D eigenvalue weighted by atomic mass is 35.5. The predicted octanol–water partition coefficient (Wildman–Crippen LogP) is 4.77. The summed E-state index contributed by atoms with van der Waals surface area (Å²) in [6.07, 6.45) is 1.56. The van der Waals surface area contributed by atoms with Crippen LogP contribution in [-0.2, 0) is 6.54 Å². The van der Waals surface area contributed by atoms with E-state index in [0.29, 0.717) is 5.02 Å². The van der Waals surface area contributed by atoms with Crippen molar-refractivity contribution >= 4 is 34.1 Å². The van der Waals surface area contributed by atoms with E-state index in [1.54, 1.807) is 6.33 Å². The summed E-state index contributed by atoms with van der Waals surface area (Å²) < 4.78 is 0. The van der Waals surface area contributed by atoms with Gasteiger partial charge in [0.2, 0.25) is 0 Å². The molecule has 4 aromatic rings. The van der Waals surface area contributed by atoms with Gasteiger partial charge in [-0.2, -0.15) is 0 Å². The molecule has 2 aromatic heterocycles. The largest absolute Gasteiger partial charge is 0.340 e. The van der Waals surface area contributed by atoms with Crippen LogP contribution in [0.25, 0.3) is 22.3 Å². The van der Waals surface area contributed by atoms with Crippen LogP contribution in [0, 0.1) is 0 Å². The minimum absolute atomic E-state index is 0.682. The Balaban J connectivity index is 1.35. The van der Waals surface area contributed by atoms with Gasteiger partial charge in [0.25, 0.3) is 0 Å². The summed E-state index contributed by atoms with van der Waals surface area (Å²) in [5.41, 5.74) is 5.19. The molecule has 6 nitrogen and oxygen atoms in total. The maximum atomic E-state index is 6.11. The third-order valence-electron chi connectivity index (χ3n) is 5.78. The summed E-state index contributed by atoms with van der Waals surface area (Å²) in [5, 5.41) is 4.97. The molecule has 0 atom stereocenters. The van der Waals surface area contributed by atoms with Crippen molar-refractivity contribution < 1.29 is 0 Å². The second-order valence-corrected chi connectivity index (χ2v) is 8.52. The van der Waals surface area contributed by atoms with Gasteiger partial charge in [-0.1, -0.05) is 41.9 Å². The monoisotopic (exact) mass is 432 g/mol. The van der Waals surface area contributed by atoms with E-state index in [-0.39, 0.29) is 0 Å².